The molecule has 1 N–H and O–H groups in total. The average Bonchev–Trinajstić information content (AvgIpc) is 2.39. The molecule has 0 spiro atoms. The molecule has 0 fully saturated rings. The molecule has 4 heteroatoms. The van der Waals surface area contributed by atoms with Gasteiger partial charge in [-0.05, 0) is 30.7 Å². The normalized spacial score (nSPS) is 13.8. The molecule has 96 valence electrons. The number of fused-ring (bicyclic) bond motifs is 1. The fraction of sp³-hybridized carbons (Fsp3) is 0.200. The Hall–Kier alpha value is -2.36. The lowest BCUT2D eigenvalue weighted by Crippen LogP contribution is -2.20. The number of nitrogens with zero attached hydrogens (tertiary/aromatic N) is 1. The second-order valence-electron chi connectivity index (χ2n) is 4.53. The number of pyridine rings is 1. The van der Waals surface area contributed by atoms with Crippen LogP contribution >= 0.6 is 0 Å². The minimum atomic E-state index is -0.310. The van der Waals surface area contributed by atoms with Crippen LogP contribution in [0.5, 0.6) is 5.75 Å². The van der Waals surface area contributed by atoms with E-state index in [1.54, 1.807) is 19.1 Å². The monoisotopic (exact) mass is 255 g/mol. The van der Waals surface area contributed by atoms with Crippen molar-refractivity contribution in [2.24, 2.45) is 0 Å². The van der Waals surface area contributed by atoms with Crippen LogP contribution in [0.15, 0.2) is 30.3 Å². The third-order valence-electron chi connectivity index (χ3n) is 3.27. The molecule has 2 aromatic rings. The number of ether oxygens (including phenoxy) is 1. The molecule has 0 unspecified atom stereocenters. The second kappa shape index (κ2) is 4.39. The number of para-hydroxylation sites is 1. The third kappa shape index (κ3) is 1.95. The Morgan fingerprint density at radius 2 is 2.11 bits per heavy atom. The molecule has 3 rings (SSSR count). The number of phenolic OH excluding ortho intramolecular Hbond substituents is 1. The van der Waals surface area contributed by atoms with Gasteiger partial charge in [0.25, 0.3) is 0 Å². The van der Waals surface area contributed by atoms with Crippen LogP contribution in [0.4, 0.5) is 0 Å². The van der Waals surface area contributed by atoms with Gasteiger partial charge in [0.1, 0.15) is 5.75 Å². The zero-order valence-electron chi connectivity index (χ0n) is 10.5. The van der Waals surface area contributed by atoms with E-state index in [2.05, 4.69) is 4.98 Å². The molecule has 1 aromatic heterocycles. The van der Waals surface area contributed by atoms with Crippen molar-refractivity contribution in [3.05, 3.63) is 47.2 Å². The van der Waals surface area contributed by atoms with Gasteiger partial charge in [0.15, 0.2) is 0 Å². The molecule has 0 radical (unpaired) electrons. The van der Waals surface area contributed by atoms with Crippen LogP contribution in [0.3, 0.4) is 0 Å². The highest BCUT2D eigenvalue weighted by Gasteiger charge is 2.23. The Labute approximate surface area is 110 Å². The molecule has 19 heavy (non-hydrogen) atoms. The Morgan fingerprint density at radius 1 is 1.32 bits per heavy atom. The van der Waals surface area contributed by atoms with E-state index in [9.17, 15) is 9.90 Å². The second-order valence-corrected chi connectivity index (χ2v) is 4.53. The van der Waals surface area contributed by atoms with Gasteiger partial charge in [-0.3, -0.25) is 4.98 Å². The summed E-state index contributed by atoms with van der Waals surface area (Å²) in [5.41, 5.74) is 3.49. The summed E-state index contributed by atoms with van der Waals surface area (Å²) in [7, 11) is 0. The molecule has 0 bridgehead atoms. The van der Waals surface area contributed by atoms with Crippen LogP contribution in [-0.2, 0) is 11.2 Å². The smallest absolute Gasteiger partial charge is 0.340 e. The van der Waals surface area contributed by atoms with E-state index in [1.807, 2.05) is 18.2 Å². The summed E-state index contributed by atoms with van der Waals surface area (Å²) < 4.78 is 5.03. The van der Waals surface area contributed by atoms with Crippen molar-refractivity contribution in [1.82, 2.24) is 4.98 Å². The SMILES string of the molecule is Cc1nc(-c2ccccc2O)cc2c1C(=O)OCC2. The fourth-order valence-corrected chi connectivity index (χ4v) is 2.37. The van der Waals surface area contributed by atoms with Gasteiger partial charge in [0, 0.05) is 12.0 Å². The maximum Gasteiger partial charge on any atom is 0.340 e. The Morgan fingerprint density at radius 3 is 2.89 bits per heavy atom. The molecule has 0 aliphatic carbocycles. The minimum absolute atomic E-state index is 0.188. The summed E-state index contributed by atoms with van der Waals surface area (Å²) in [5, 5.41) is 9.88. The van der Waals surface area contributed by atoms with E-state index in [-0.39, 0.29) is 11.7 Å². The highest BCUT2D eigenvalue weighted by molar-refractivity contribution is 5.93. The summed E-state index contributed by atoms with van der Waals surface area (Å²) >= 11 is 0. The molecule has 0 amide bonds. The number of carbonyl (C=O) groups excluding carboxylic acids is 1. The van der Waals surface area contributed by atoms with E-state index in [1.165, 1.54) is 0 Å². The number of aryl methyl sites for hydroxylation is 1. The first-order valence-corrected chi connectivity index (χ1v) is 6.13. The van der Waals surface area contributed by atoms with Crippen molar-refractivity contribution in [3.8, 4) is 17.0 Å². The lowest BCUT2D eigenvalue weighted by molar-refractivity contribution is 0.0478. The largest absolute Gasteiger partial charge is 0.507 e. The zero-order valence-corrected chi connectivity index (χ0v) is 10.5. The Balaban J connectivity index is 2.18. The quantitative estimate of drug-likeness (QED) is 0.795. The fourth-order valence-electron chi connectivity index (χ4n) is 2.37. The van der Waals surface area contributed by atoms with Crippen molar-refractivity contribution < 1.29 is 14.6 Å². The Bertz CT molecular complexity index is 664. The number of cyclic esters (lactones) is 1. The number of phenols is 1. The maximum absolute atomic E-state index is 11.7. The summed E-state index contributed by atoms with van der Waals surface area (Å²) in [4.78, 5) is 16.1. The van der Waals surface area contributed by atoms with E-state index in [0.717, 1.165) is 5.56 Å². The molecule has 0 saturated heterocycles. The van der Waals surface area contributed by atoms with Crippen LogP contribution in [-0.4, -0.2) is 22.7 Å². The predicted octanol–water partition coefficient (Wildman–Crippen LogP) is 2.48. The van der Waals surface area contributed by atoms with Gasteiger partial charge in [0.05, 0.1) is 23.6 Å². The number of hydrogen-bond donors (Lipinski definition) is 1. The molecule has 2 heterocycles. The van der Waals surface area contributed by atoms with E-state index in [0.29, 0.717) is 35.5 Å². The summed E-state index contributed by atoms with van der Waals surface area (Å²) in [6.07, 6.45) is 0.686. The van der Waals surface area contributed by atoms with Gasteiger partial charge in [-0.2, -0.15) is 0 Å². The highest BCUT2D eigenvalue weighted by Crippen LogP contribution is 2.30. The van der Waals surface area contributed by atoms with Crippen LogP contribution in [0.1, 0.15) is 21.6 Å². The molecule has 1 aliphatic rings. The van der Waals surface area contributed by atoms with Crippen molar-refractivity contribution in [3.63, 3.8) is 0 Å². The van der Waals surface area contributed by atoms with Gasteiger partial charge >= 0.3 is 5.97 Å². The zero-order chi connectivity index (χ0) is 13.4. The molecule has 1 aliphatic heterocycles. The molecule has 0 saturated carbocycles. The van der Waals surface area contributed by atoms with Crippen LogP contribution in [0.25, 0.3) is 11.3 Å². The van der Waals surface area contributed by atoms with Crippen LogP contribution in [0, 0.1) is 6.92 Å². The van der Waals surface area contributed by atoms with Crippen molar-refractivity contribution in [2.45, 2.75) is 13.3 Å². The minimum Gasteiger partial charge on any atom is -0.507 e. The van der Waals surface area contributed by atoms with E-state index < -0.39 is 0 Å². The summed E-state index contributed by atoms with van der Waals surface area (Å²) in [6, 6.07) is 8.91. The standard InChI is InChI=1S/C15H13NO3/c1-9-14-10(6-7-19-15(14)18)8-12(16-9)11-4-2-3-5-13(11)17/h2-5,8,17H,6-7H2,1H3. The van der Waals surface area contributed by atoms with Gasteiger partial charge in [-0.1, -0.05) is 12.1 Å². The van der Waals surface area contributed by atoms with Crippen molar-refractivity contribution in [2.75, 3.05) is 6.61 Å². The molecule has 4 nitrogen and oxygen atoms in total. The maximum atomic E-state index is 11.7. The first kappa shape index (κ1) is 11.7. The number of aromatic nitrogens is 1. The number of benzene rings is 1. The van der Waals surface area contributed by atoms with Crippen LogP contribution < -0.4 is 0 Å². The number of esters is 1. The van der Waals surface area contributed by atoms with Gasteiger partial charge in [-0.25, -0.2) is 4.79 Å². The van der Waals surface area contributed by atoms with Crippen molar-refractivity contribution >= 4 is 5.97 Å². The van der Waals surface area contributed by atoms with Gasteiger partial charge in [0.2, 0.25) is 0 Å². The number of carbonyl (C=O) groups is 1. The predicted molar refractivity (Wildman–Crippen MR) is 70.1 cm³/mol. The van der Waals surface area contributed by atoms with Gasteiger partial charge < -0.3 is 9.84 Å². The number of rotatable bonds is 1. The Kier molecular flexibility index (Phi) is 2.71. The summed E-state index contributed by atoms with van der Waals surface area (Å²) in [6.45, 7) is 2.18. The van der Waals surface area contributed by atoms with E-state index >= 15 is 0 Å². The topological polar surface area (TPSA) is 59.4 Å². The highest BCUT2D eigenvalue weighted by atomic mass is 16.5. The lowest BCUT2D eigenvalue weighted by atomic mass is 9.98. The third-order valence-corrected chi connectivity index (χ3v) is 3.27. The molecule has 1 aromatic carbocycles. The van der Waals surface area contributed by atoms with Crippen LogP contribution in [0.2, 0.25) is 0 Å². The first-order chi connectivity index (χ1) is 9.16. The molecule has 0 atom stereocenters. The lowest BCUT2D eigenvalue weighted by Gasteiger charge is -2.18. The number of aromatic hydroxyl groups is 1. The first-order valence-electron chi connectivity index (χ1n) is 6.13. The summed E-state index contributed by atoms with van der Waals surface area (Å²) in [5.74, 6) is -0.122. The van der Waals surface area contributed by atoms with E-state index in [4.69, 9.17) is 4.74 Å². The average molecular weight is 255 g/mol. The molecular weight excluding hydrogens is 242 g/mol. The number of hydrogen-bond acceptors (Lipinski definition) is 4. The van der Waals surface area contributed by atoms with Crippen molar-refractivity contribution in [1.29, 1.82) is 0 Å². The van der Waals surface area contributed by atoms with Gasteiger partial charge in [-0.15, -0.1) is 0 Å². The molecular formula is C15H13NO3.